The third kappa shape index (κ3) is 5.01. The second-order valence-corrected chi connectivity index (χ2v) is 7.04. The molecule has 158 valence electrons. The molecule has 2 amide bonds. The smallest absolute Gasteiger partial charge is 0.311 e. The Morgan fingerprint density at radius 1 is 1.13 bits per heavy atom. The highest BCUT2D eigenvalue weighted by molar-refractivity contribution is 6.30. The molecule has 30 heavy (non-hydrogen) atoms. The summed E-state index contributed by atoms with van der Waals surface area (Å²) in [4.78, 5) is 38.3. The molecule has 1 heterocycles. The lowest BCUT2D eigenvalue weighted by molar-refractivity contribution is -0.151. The van der Waals surface area contributed by atoms with Crippen LogP contribution in [0.5, 0.6) is 11.5 Å². The van der Waals surface area contributed by atoms with Crippen molar-refractivity contribution in [2.45, 2.75) is 6.42 Å². The second kappa shape index (κ2) is 9.49. The zero-order valence-electron chi connectivity index (χ0n) is 16.5. The summed E-state index contributed by atoms with van der Waals surface area (Å²) in [5.41, 5.74) is 1.05. The number of nitrogens with one attached hydrogen (secondary N) is 1. The fourth-order valence-electron chi connectivity index (χ4n) is 3.09. The van der Waals surface area contributed by atoms with Gasteiger partial charge in [-0.2, -0.15) is 0 Å². The van der Waals surface area contributed by atoms with Crippen LogP contribution in [0.4, 0.5) is 11.4 Å². The summed E-state index contributed by atoms with van der Waals surface area (Å²) in [6.07, 6.45) is -0.0159. The highest BCUT2D eigenvalue weighted by Gasteiger charge is 2.37. The Labute approximate surface area is 178 Å². The number of hydrogen-bond donors (Lipinski definition) is 1. The van der Waals surface area contributed by atoms with Crippen LogP contribution in [-0.4, -0.2) is 45.2 Å². The quantitative estimate of drug-likeness (QED) is 0.676. The molecule has 3 rings (SSSR count). The maximum atomic E-state index is 12.5. The summed E-state index contributed by atoms with van der Waals surface area (Å²) in [6, 6.07) is 11.6. The number of halogens is 1. The largest absolute Gasteiger partial charge is 0.497 e. The van der Waals surface area contributed by atoms with E-state index in [0.29, 0.717) is 27.9 Å². The minimum Gasteiger partial charge on any atom is -0.497 e. The summed E-state index contributed by atoms with van der Waals surface area (Å²) >= 11 is 5.80. The lowest BCUT2D eigenvalue weighted by atomic mass is 10.1. The molecule has 0 spiro atoms. The lowest BCUT2D eigenvalue weighted by Crippen LogP contribution is -2.28. The van der Waals surface area contributed by atoms with Gasteiger partial charge in [-0.3, -0.25) is 14.4 Å². The molecule has 2 aromatic rings. The highest BCUT2D eigenvalue weighted by atomic mass is 35.5. The molecule has 0 bridgehead atoms. The molecular weight excluding hydrogens is 412 g/mol. The van der Waals surface area contributed by atoms with Gasteiger partial charge >= 0.3 is 5.97 Å². The molecule has 0 unspecified atom stereocenters. The molecule has 0 aliphatic carbocycles. The molecule has 1 N–H and O–H groups in total. The number of ether oxygens (including phenoxy) is 3. The van der Waals surface area contributed by atoms with Crippen LogP contribution in [0.25, 0.3) is 0 Å². The van der Waals surface area contributed by atoms with E-state index in [9.17, 15) is 14.4 Å². The first-order chi connectivity index (χ1) is 14.4. The van der Waals surface area contributed by atoms with E-state index < -0.39 is 24.4 Å². The Kier molecular flexibility index (Phi) is 6.79. The van der Waals surface area contributed by atoms with Crippen molar-refractivity contribution in [3.05, 3.63) is 47.5 Å². The third-order valence-electron chi connectivity index (χ3n) is 4.61. The molecule has 9 heteroatoms. The molecule has 0 radical (unpaired) electrons. The normalized spacial score (nSPS) is 15.6. The van der Waals surface area contributed by atoms with Crippen LogP contribution in [0.2, 0.25) is 5.02 Å². The van der Waals surface area contributed by atoms with Gasteiger partial charge in [-0.1, -0.05) is 11.6 Å². The average Bonchev–Trinajstić information content (AvgIpc) is 3.14. The van der Waals surface area contributed by atoms with Gasteiger partial charge < -0.3 is 24.4 Å². The Morgan fingerprint density at radius 2 is 1.87 bits per heavy atom. The SMILES string of the molecule is COc1ccc(OC)c(N2C[C@H](C(=O)OCC(=O)Nc3ccc(Cl)cc3)CC2=O)c1. The molecule has 2 aromatic carbocycles. The van der Waals surface area contributed by atoms with Crippen molar-refractivity contribution < 1.29 is 28.6 Å². The number of anilines is 2. The van der Waals surface area contributed by atoms with E-state index in [1.807, 2.05) is 0 Å². The van der Waals surface area contributed by atoms with Gasteiger partial charge in [-0.25, -0.2) is 0 Å². The van der Waals surface area contributed by atoms with Gasteiger partial charge in [0.15, 0.2) is 6.61 Å². The third-order valence-corrected chi connectivity index (χ3v) is 4.86. The Morgan fingerprint density at radius 3 is 2.53 bits per heavy atom. The van der Waals surface area contributed by atoms with Gasteiger partial charge in [0.1, 0.15) is 11.5 Å². The van der Waals surface area contributed by atoms with Crippen LogP contribution in [-0.2, 0) is 19.1 Å². The summed E-state index contributed by atoms with van der Waals surface area (Å²) in [6.45, 7) is -0.325. The maximum absolute atomic E-state index is 12.5. The predicted octanol–water partition coefficient (Wildman–Crippen LogP) is 2.89. The van der Waals surface area contributed by atoms with E-state index in [0.717, 1.165) is 0 Å². The standard InChI is InChI=1S/C21H21ClN2O6/c1-28-16-7-8-18(29-2)17(10-16)24-11-13(9-20(24)26)21(27)30-12-19(25)23-15-5-3-14(22)4-6-15/h3-8,10,13H,9,11-12H2,1-2H3,(H,23,25)/t13-/m1/s1. The number of benzene rings is 2. The molecule has 1 saturated heterocycles. The van der Waals surface area contributed by atoms with Crippen molar-refractivity contribution in [3.8, 4) is 11.5 Å². The van der Waals surface area contributed by atoms with E-state index in [1.54, 1.807) is 42.5 Å². The molecule has 1 aliphatic heterocycles. The Bertz CT molecular complexity index is 947. The van der Waals surface area contributed by atoms with Gasteiger partial charge in [0.25, 0.3) is 5.91 Å². The monoisotopic (exact) mass is 432 g/mol. The fraction of sp³-hybridized carbons (Fsp3) is 0.286. The van der Waals surface area contributed by atoms with Crippen LogP contribution in [0.3, 0.4) is 0 Å². The number of carbonyl (C=O) groups is 3. The number of rotatable bonds is 7. The zero-order chi connectivity index (χ0) is 21.7. The number of hydrogen-bond acceptors (Lipinski definition) is 6. The first-order valence-electron chi connectivity index (χ1n) is 9.15. The van der Waals surface area contributed by atoms with Crippen molar-refractivity contribution >= 4 is 40.8 Å². The summed E-state index contributed by atoms with van der Waals surface area (Å²) in [5, 5.41) is 3.15. The van der Waals surface area contributed by atoms with E-state index in [-0.39, 0.29) is 18.9 Å². The fourth-order valence-corrected chi connectivity index (χ4v) is 3.22. The minimum atomic E-state index is -0.684. The number of methoxy groups -OCH3 is 2. The molecular formula is C21H21ClN2O6. The van der Waals surface area contributed by atoms with Crippen LogP contribution in [0.1, 0.15) is 6.42 Å². The number of nitrogens with zero attached hydrogens (tertiary/aromatic N) is 1. The molecule has 0 aromatic heterocycles. The van der Waals surface area contributed by atoms with Crippen molar-refractivity contribution in [1.82, 2.24) is 0 Å². The van der Waals surface area contributed by atoms with Gasteiger partial charge in [-0.05, 0) is 36.4 Å². The summed E-state index contributed by atoms with van der Waals surface area (Å²) < 4.78 is 15.6. The Balaban J connectivity index is 1.58. The topological polar surface area (TPSA) is 94.2 Å². The first kappa shape index (κ1) is 21.4. The predicted molar refractivity (Wildman–Crippen MR) is 111 cm³/mol. The van der Waals surface area contributed by atoms with Crippen LogP contribution >= 0.6 is 11.6 Å². The van der Waals surface area contributed by atoms with Gasteiger partial charge in [0, 0.05) is 29.7 Å². The number of amides is 2. The summed E-state index contributed by atoms with van der Waals surface area (Å²) in [5.74, 6) is -0.977. The Hall–Kier alpha value is -3.26. The van der Waals surface area contributed by atoms with E-state index in [2.05, 4.69) is 5.32 Å². The minimum absolute atomic E-state index is 0.0159. The summed E-state index contributed by atoms with van der Waals surface area (Å²) in [7, 11) is 3.02. The molecule has 1 aliphatic rings. The number of esters is 1. The van der Waals surface area contributed by atoms with E-state index in [1.165, 1.54) is 19.1 Å². The molecule has 1 atom stereocenters. The van der Waals surface area contributed by atoms with Crippen LogP contribution in [0.15, 0.2) is 42.5 Å². The van der Waals surface area contributed by atoms with Crippen LogP contribution in [0, 0.1) is 5.92 Å². The van der Waals surface area contributed by atoms with Gasteiger partial charge in [-0.15, -0.1) is 0 Å². The van der Waals surface area contributed by atoms with Gasteiger partial charge in [0.2, 0.25) is 5.91 Å². The van der Waals surface area contributed by atoms with Crippen LogP contribution < -0.4 is 19.7 Å². The average molecular weight is 433 g/mol. The van der Waals surface area contributed by atoms with Crippen molar-refractivity contribution in [2.75, 3.05) is 37.6 Å². The van der Waals surface area contributed by atoms with E-state index in [4.69, 9.17) is 25.8 Å². The lowest BCUT2D eigenvalue weighted by Gasteiger charge is -2.20. The van der Waals surface area contributed by atoms with Crippen molar-refractivity contribution in [3.63, 3.8) is 0 Å². The highest BCUT2D eigenvalue weighted by Crippen LogP contribution is 2.36. The number of carbonyl (C=O) groups excluding carboxylic acids is 3. The molecule has 8 nitrogen and oxygen atoms in total. The second-order valence-electron chi connectivity index (χ2n) is 6.61. The maximum Gasteiger partial charge on any atom is 0.311 e. The zero-order valence-corrected chi connectivity index (χ0v) is 17.3. The van der Waals surface area contributed by atoms with E-state index >= 15 is 0 Å². The van der Waals surface area contributed by atoms with Gasteiger partial charge in [0.05, 0.1) is 25.8 Å². The van der Waals surface area contributed by atoms with Crippen molar-refractivity contribution in [1.29, 1.82) is 0 Å². The van der Waals surface area contributed by atoms with Crippen molar-refractivity contribution in [2.24, 2.45) is 5.92 Å². The molecule has 1 fully saturated rings. The first-order valence-corrected chi connectivity index (χ1v) is 9.53. The molecule has 0 saturated carbocycles.